The normalized spacial score (nSPS) is 17.4. The number of carbonyl (C=O) groups excluding carboxylic acids is 2. The highest BCUT2D eigenvalue weighted by Crippen LogP contribution is 2.29. The van der Waals surface area contributed by atoms with Gasteiger partial charge in [-0.2, -0.15) is 0 Å². The molecule has 0 amide bonds. The SMILES string of the molecule is CC1(C)OC(=O)C(=Cc2cc(Br)cc(OC(F)(F)F)c2)C(=O)O1. The first-order chi connectivity index (χ1) is 10.5. The van der Waals surface area contributed by atoms with Gasteiger partial charge in [0.15, 0.2) is 0 Å². The quantitative estimate of drug-likeness (QED) is 0.436. The van der Waals surface area contributed by atoms with Gasteiger partial charge in [0.1, 0.15) is 11.3 Å². The number of cyclic esters (lactones) is 2. The van der Waals surface area contributed by atoms with Crippen LogP contribution in [0.5, 0.6) is 5.75 Å². The smallest absolute Gasteiger partial charge is 0.419 e. The number of rotatable bonds is 2. The third kappa shape index (κ3) is 4.72. The van der Waals surface area contributed by atoms with Crippen molar-refractivity contribution < 1.29 is 37.0 Å². The van der Waals surface area contributed by atoms with Gasteiger partial charge in [0, 0.05) is 18.3 Å². The number of carbonyl (C=O) groups is 2. The Bertz CT molecular complexity index is 672. The zero-order chi connectivity index (χ0) is 17.4. The van der Waals surface area contributed by atoms with Crippen molar-refractivity contribution in [3.05, 3.63) is 33.8 Å². The molecular weight excluding hydrogens is 385 g/mol. The Morgan fingerprint density at radius 3 is 2.22 bits per heavy atom. The fourth-order valence-electron chi connectivity index (χ4n) is 1.81. The molecule has 124 valence electrons. The van der Waals surface area contributed by atoms with Gasteiger partial charge in [-0.1, -0.05) is 15.9 Å². The Hall–Kier alpha value is -2.03. The van der Waals surface area contributed by atoms with Gasteiger partial charge >= 0.3 is 18.3 Å². The fraction of sp³-hybridized carbons (Fsp3) is 0.286. The Balaban J connectivity index is 2.35. The van der Waals surface area contributed by atoms with E-state index in [1.807, 2.05) is 0 Å². The Labute approximate surface area is 137 Å². The van der Waals surface area contributed by atoms with Crippen LogP contribution in [-0.2, 0) is 19.1 Å². The monoisotopic (exact) mass is 394 g/mol. The van der Waals surface area contributed by atoms with Gasteiger partial charge in [-0.3, -0.25) is 0 Å². The van der Waals surface area contributed by atoms with E-state index in [9.17, 15) is 22.8 Å². The van der Waals surface area contributed by atoms with Crippen LogP contribution in [-0.4, -0.2) is 24.1 Å². The van der Waals surface area contributed by atoms with E-state index in [2.05, 4.69) is 20.7 Å². The summed E-state index contributed by atoms with van der Waals surface area (Å²) in [6.45, 7) is 2.77. The molecule has 1 saturated heterocycles. The van der Waals surface area contributed by atoms with Gasteiger partial charge < -0.3 is 14.2 Å². The predicted molar refractivity (Wildman–Crippen MR) is 75.1 cm³/mol. The first-order valence-corrected chi connectivity index (χ1v) is 6.99. The van der Waals surface area contributed by atoms with E-state index in [-0.39, 0.29) is 10.0 Å². The highest BCUT2D eigenvalue weighted by atomic mass is 79.9. The number of hydrogen-bond acceptors (Lipinski definition) is 5. The molecule has 0 radical (unpaired) electrons. The molecule has 0 aliphatic carbocycles. The van der Waals surface area contributed by atoms with Crippen LogP contribution in [0.1, 0.15) is 19.4 Å². The van der Waals surface area contributed by atoms with Gasteiger partial charge in [-0.25, -0.2) is 9.59 Å². The predicted octanol–water partition coefficient (Wildman–Crippen LogP) is 3.57. The van der Waals surface area contributed by atoms with E-state index < -0.39 is 35.4 Å². The van der Waals surface area contributed by atoms with Crippen LogP contribution in [0.4, 0.5) is 13.2 Å². The summed E-state index contributed by atoms with van der Waals surface area (Å²) in [6, 6.07) is 3.51. The number of halogens is 4. The van der Waals surface area contributed by atoms with Gasteiger partial charge in [0.25, 0.3) is 5.79 Å². The van der Waals surface area contributed by atoms with Crippen LogP contribution in [0.2, 0.25) is 0 Å². The highest BCUT2D eigenvalue weighted by Gasteiger charge is 2.39. The van der Waals surface area contributed by atoms with Crippen molar-refractivity contribution in [2.24, 2.45) is 0 Å². The molecule has 0 unspecified atom stereocenters. The zero-order valence-electron chi connectivity index (χ0n) is 11.9. The molecule has 0 spiro atoms. The molecule has 0 aromatic heterocycles. The topological polar surface area (TPSA) is 61.8 Å². The Kier molecular flexibility index (Phi) is 4.43. The average Bonchev–Trinajstić information content (AvgIpc) is 2.29. The van der Waals surface area contributed by atoms with Crippen molar-refractivity contribution in [3.63, 3.8) is 0 Å². The first kappa shape index (κ1) is 17.3. The lowest BCUT2D eigenvalue weighted by Crippen LogP contribution is -2.41. The molecule has 23 heavy (non-hydrogen) atoms. The second kappa shape index (κ2) is 5.88. The average molecular weight is 395 g/mol. The summed E-state index contributed by atoms with van der Waals surface area (Å²) < 4.78 is 50.7. The van der Waals surface area contributed by atoms with E-state index in [0.29, 0.717) is 0 Å². The summed E-state index contributed by atoms with van der Waals surface area (Å²) >= 11 is 3.02. The van der Waals surface area contributed by atoms with Gasteiger partial charge in [-0.15, -0.1) is 13.2 Å². The van der Waals surface area contributed by atoms with Crippen LogP contribution in [0.3, 0.4) is 0 Å². The first-order valence-electron chi connectivity index (χ1n) is 6.20. The van der Waals surface area contributed by atoms with E-state index in [1.165, 1.54) is 19.9 Å². The molecule has 0 N–H and O–H groups in total. The van der Waals surface area contributed by atoms with Crippen molar-refractivity contribution in [2.75, 3.05) is 0 Å². The maximum atomic E-state index is 12.3. The van der Waals surface area contributed by atoms with Crippen LogP contribution in [0.25, 0.3) is 6.08 Å². The molecule has 5 nitrogen and oxygen atoms in total. The molecule has 2 rings (SSSR count). The molecule has 1 aliphatic heterocycles. The van der Waals surface area contributed by atoms with Crippen LogP contribution < -0.4 is 4.74 Å². The molecule has 1 heterocycles. The fourth-order valence-corrected chi connectivity index (χ4v) is 2.30. The minimum atomic E-state index is -4.86. The molecule has 0 atom stereocenters. The van der Waals surface area contributed by atoms with Crippen molar-refractivity contribution in [2.45, 2.75) is 26.0 Å². The lowest BCUT2D eigenvalue weighted by molar-refractivity contribution is -0.274. The van der Waals surface area contributed by atoms with Crippen molar-refractivity contribution in [3.8, 4) is 5.75 Å². The summed E-state index contributed by atoms with van der Waals surface area (Å²) in [6.07, 6.45) is -3.80. The number of esters is 2. The van der Waals surface area contributed by atoms with E-state index in [4.69, 9.17) is 9.47 Å². The Morgan fingerprint density at radius 2 is 1.70 bits per heavy atom. The molecule has 1 fully saturated rings. The van der Waals surface area contributed by atoms with Gasteiger partial charge in [-0.05, 0) is 29.8 Å². The number of ether oxygens (including phenoxy) is 3. The summed E-state index contributed by atoms with van der Waals surface area (Å²) in [5.74, 6) is -3.75. The van der Waals surface area contributed by atoms with Crippen molar-refractivity contribution >= 4 is 33.9 Å². The molecule has 1 aromatic carbocycles. The third-order valence-electron chi connectivity index (χ3n) is 2.56. The summed E-state index contributed by atoms with van der Waals surface area (Å²) in [4.78, 5) is 23.6. The lowest BCUT2D eigenvalue weighted by atomic mass is 10.1. The van der Waals surface area contributed by atoms with E-state index in [0.717, 1.165) is 18.2 Å². The van der Waals surface area contributed by atoms with E-state index >= 15 is 0 Å². The van der Waals surface area contributed by atoms with Crippen molar-refractivity contribution in [1.82, 2.24) is 0 Å². The van der Waals surface area contributed by atoms with E-state index in [1.54, 1.807) is 0 Å². The second-order valence-corrected chi connectivity index (χ2v) is 5.92. The lowest BCUT2D eigenvalue weighted by Gasteiger charge is -2.29. The summed E-state index contributed by atoms with van der Waals surface area (Å²) in [7, 11) is 0. The molecule has 1 aromatic rings. The molecule has 1 aliphatic rings. The highest BCUT2D eigenvalue weighted by molar-refractivity contribution is 9.10. The maximum absolute atomic E-state index is 12.3. The largest absolute Gasteiger partial charge is 0.573 e. The van der Waals surface area contributed by atoms with Crippen LogP contribution >= 0.6 is 15.9 Å². The minimum Gasteiger partial charge on any atom is -0.419 e. The minimum absolute atomic E-state index is 0.127. The molecule has 0 bridgehead atoms. The van der Waals surface area contributed by atoms with Crippen LogP contribution in [0.15, 0.2) is 28.2 Å². The molecule has 0 saturated carbocycles. The standard InChI is InChI=1S/C14H10BrF3O5/c1-13(2)22-11(19)10(12(20)23-13)5-7-3-8(15)6-9(4-7)21-14(16,17)18/h3-6H,1-2H3. The maximum Gasteiger partial charge on any atom is 0.573 e. The van der Waals surface area contributed by atoms with Crippen molar-refractivity contribution in [1.29, 1.82) is 0 Å². The summed E-state index contributed by atoms with van der Waals surface area (Å²) in [5.41, 5.74) is -0.303. The third-order valence-corrected chi connectivity index (χ3v) is 3.01. The number of alkyl halides is 3. The molecule has 9 heteroatoms. The zero-order valence-corrected chi connectivity index (χ0v) is 13.4. The van der Waals surface area contributed by atoms with Gasteiger partial charge in [0.2, 0.25) is 0 Å². The number of benzene rings is 1. The second-order valence-electron chi connectivity index (χ2n) is 5.00. The number of hydrogen-bond donors (Lipinski definition) is 0. The van der Waals surface area contributed by atoms with Crippen LogP contribution in [0, 0.1) is 0 Å². The molecular formula is C14H10BrF3O5. The Morgan fingerprint density at radius 1 is 1.13 bits per heavy atom. The summed E-state index contributed by atoms with van der Waals surface area (Å²) in [5, 5.41) is 0. The van der Waals surface area contributed by atoms with Gasteiger partial charge in [0.05, 0.1) is 0 Å².